The molecule has 0 radical (unpaired) electrons. The summed E-state index contributed by atoms with van der Waals surface area (Å²) < 4.78 is 12.5. The number of hydrogen-bond acceptors (Lipinski definition) is 4. The number of nitrogens with zero attached hydrogens (tertiary/aromatic N) is 1. The highest BCUT2D eigenvalue weighted by Gasteiger charge is 2.45. The quantitative estimate of drug-likeness (QED) is 0.884. The molecule has 0 spiro atoms. The summed E-state index contributed by atoms with van der Waals surface area (Å²) in [4.78, 5) is 0. The van der Waals surface area contributed by atoms with E-state index in [-0.39, 0.29) is 24.0 Å². The van der Waals surface area contributed by atoms with Crippen LogP contribution in [-0.2, 0) is 4.74 Å². The molecule has 0 unspecified atom stereocenters. The predicted octanol–water partition coefficient (Wildman–Crippen LogP) is 3.77. The smallest absolute Gasteiger partial charge is 0.205 e. The van der Waals surface area contributed by atoms with Crippen LogP contribution in [0.15, 0.2) is 12.1 Å². The first kappa shape index (κ1) is 13.8. The highest BCUT2D eigenvalue weighted by Crippen LogP contribution is 2.58. The van der Waals surface area contributed by atoms with E-state index in [4.69, 9.17) is 21.1 Å². The monoisotopic (exact) mass is 321 g/mol. The van der Waals surface area contributed by atoms with Gasteiger partial charge in [-0.25, -0.2) is 4.57 Å². The summed E-state index contributed by atoms with van der Waals surface area (Å²) >= 11 is 6.13. The number of ether oxygens (including phenoxy) is 2. The van der Waals surface area contributed by atoms with E-state index in [1.807, 2.05) is 6.92 Å². The van der Waals surface area contributed by atoms with Gasteiger partial charge in [-0.05, 0) is 31.4 Å². The Morgan fingerprint density at radius 3 is 2.32 bits per heavy atom. The van der Waals surface area contributed by atoms with Crippen LogP contribution in [-0.4, -0.2) is 21.9 Å². The van der Waals surface area contributed by atoms with Crippen LogP contribution in [0.1, 0.15) is 41.7 Å². The van der Waals surface area contributed by atoms with Crippen molar-refractivity contribution in [2.45, 2.75) is 32.0 Å². The molecule has 1 aromatic heterocycles. The normalized spacial score (nSPS) is 22.1. The van der Waals surface area contributed by atoms with Crippen LogP contribution in [0.3, 0.4) is 0 Å². The van der Waals surface area contributed by atoms with E-state index in [9.17, 15) is 10.2 Å². The molecule has 116 valence electrons. The molecule has 0 saturated carbocycles. The maximum Gasteiger partial charge on any atom is 0.205 e. The van der Waals surface area contributed by atoms with Crippen LogP contribution in [0.5, 0.6) is 17.5 Å². The van der Waals surface area contributed by atoms with Crippen molar-refractivity contribution < 1.29 is 19.7 Å². The zero-order chi connectivity index (χ0) is 15.6. The van der Waals surface area contributed by atoms with Crippen molar-refractivity contribution in [1.29, 1.82) is 0 Å². The Labute approximate surface area is 132 Å². The van der Waals surface area contributed by atoms with Crippen molar-refractivity contribution in [1.82, 2.24) is 4.57 Å². The lowest BCUT2D eigenvalue weighted by molar-refractivity contribution is 0.0682. The molecule has 22 heavy (non-hydrogen) atoms. The summed E-state index contributed by atoms with van der Waals surface area (Å²) in [5.74, 6) is 0.516. The minimum absolute atomic E-state index is 0.0136. The maximum atomic E-state index is 10.6. The van der Waals surface area contributed by atoms with Crippen molar-refractivity contribution in [2.75, 3.05) is 7.11 Å². The standard InChI is InChI=1S/C16H16ClNO4/c1-7-5-9(12(21-2)6-8(7)17)18-15(19)13-10-3-4-11(22-10)14(13)16(18)20/h5-6,10-11,19-20H,3-4H2,1-2H3/t10-,11+. The van der Waals surface area contributed by atoms with Gasteiger partial charge in [-0.3, -0.25) is 0 Å². The molecule has 2 aliphatic heterocycles. The van der Waals surface area contributed by atoms with Crippen LogP contribution in [0.2, 0.25) is 5.02 Å². The van der Waals surface area contributed by atoms with Gasteiger partial charge in [-0.2, -0.15) is 0 Å². The SMILES string of the molecule is COc1cc(Cl)c(C)cc1-n1c(O)c2c(c1O)[C@H]1CC[C@@H]2O1. The number of halogens is 1. The molecule has 5 nitrogen and oxygen atoms in total. The van der Waals surface area contributed by atoms with E-state index in [2.05, 4.69) is 0 Å². The maximum absolute atomic E-state index is 10.6. The van der Waals surface area contributed by atoms with Gasteiger partial charge in [0.25, 0.3) is 0 Å². The molecular formula is C16H16ClNO4. The molecule has 2 bridgehead atoms. The Morgan fingerprint density at radius 2 is 1.77 bits per heavy atom. The van der Waals surface area contributed by atoms with Gasteiger partial charge in [0.15, 0.2) is 0 Å². The van der Waals surface area contributed by atoms with E-state index in [0.29, 0.717) is 27.6 Å². The molecule has 2 aliphatic rings. The second-order valence-corrected chi connectivity index (χ2v) is 6.18. The summed E-state index contributed by atoms with van der Waals surface area (Å²) in [6.45, 7) is 1.86. The van der Waals surface area contributed by atoms with Crippen LogP contribution in [0, 0.1) is 6.92 Å². The van der Waals surface area contributed by atoms with Crippen LogP contribution in [0.25, 0.3) is 5.69 Å². The lowest BCUT2D eigenvalue weighted by Crippen LogP contribution is -2.00. The third-order valence-electron chi connectivity index (χ3n) is 4.56. The predicted molar refractivity (Wildman–Crippen MR) is 81.2 cm³/mol. The van der Waals surface area contributed by atoms with Crippen molar-refractivity contribution in [3.8, 4) is 23.2 Å². The number of aromatic nitrogens is 1. The summed E-state index contributed by atoms with van der Waals surface area (Å²) in [6.07, 6.45) is 1.47. The third-order valence-corrected chi connectivity index (χ3v) is 4.97. The van der Waals surface area contributed by atoms with Gasteiger partial charge in [-0.15, -0.1) is 0 Å². The van der Waals surface area contributed by atoms with Gasteiger partial charge in [-0.1, -0.05) is 11.6 Å². The molecule has 2 atom stereocenters. The number of benzene rings is 1. The van der Waals surface area contributed by atoms with Crippen molar-refractivity contribution in [3.05, 3.63) is 33.8 Å². The summed E-state index contributed by atoms with van der Waals surface area (Å²) in [6, 6.07) is 3.47. The molecule has 2 aromatic rings. The minimum Gasteiger partial charge on any atom is -0.494 e. The molecule has 2 N–H and O–H groups in total. The van der Waals surface area contributed by atoms with Gasteiger partial charge >= 0.3 is 0 Å². The Bertz CT molecular complexity index is 750. The van der Waals surface area contributed by atoms with Crippen LogP contribution < -0.4 is 4.74 Å². The van der Waals surface area contributed by atoms with E-state index in [1.54, 1.807) is 12.1 Å². The van der Waals surface area contributed by atoms with Crippen molar-refractivity contribution in [3.63, 3.8) is 0 Å². The fraction of sp³-hybridized carbons (Fsp3) is 0.375. The van der Waals surface area contributed by atoms with E-state index < -0.39 is 0 Å². The summed E-state index contributed by atoms with van der Waals surface area (Å²) in [7, 11) is 1.53. The number of hydrogen-bond donors (Lipinski definition) is 2. The second kappa shape index (κ2) is 4.57. The minimum atomic E-state index is -0.133. The Morgan fingerprint density at radius 1 is 1.18 bits per heavy atom. The molecule has 4 rings (SSSR count). The molecule has 1 fully saturated rings. The number of aryl methyl sites for hydroxylation is 1. The summed E-state index contributed by atoms with van der Waals surface area (Å²) in [5, 5.41) is 21.8. The van der Waals surface area contributed by atoms with Gasteiger partial charge in [0.05, 0.1) is 36.1 Å². The van der Waals surface area contributed by atoms with Gasteiger partial charge in [0, 0.05) is 11.1 Å². The lowest BCUT2D eigenvalue weighted by atomic mass is 9.95. The average Bonchev–Trinajstić information content (AvgIpc) is 3.16. The van der Waals surface area contributed by atoms with Crippen LogP contribution in [0.4, 0.5) is 0 Å². The Hall–Kier alpha value is -1.85. The zero-order valence-corrected chi connectivity index (χ0v) is 13.0. The highest BCUT2D eigenvalue weighted by atomic mass is 35.5. The van der Waals surface area contributed by atoms with Crippen molar-refractivity contribution in [2.24, 2.45) is 0 Å². The first-order valence-electron chi connectivity index (χ1n) is 7.19. The molecule has 1 saturated heterocycles. The van der Waals surface area contributed by atoms with E-state index in [0.717, 1.165) is 18.4 Å². The first-order chi connectivity index (χ1) is 10.5. The third kappa shape index (κ3) is 1.63. The molecule has 6 heteroatoms. The Balaban J connectivity index is 1.98. The largest absolute Gasteiger partial charge is 0.494 e. The van der Waals surface area contributed by atoms with Gasteiger partial charge in [0.2, 0.25) is 11.8 Å². The average molecular weight is 322 g/mol. The molecular weight excluding hydrogens is 306 g/mol. The van der Waals surface area contributed by atoms with E-state index >= 15 is 0 Å². The lowest BCUT2D eigenvalue weighted by Gasteiger charge is -2.15. The second-order valence-electron chi connectivity index (χ2n) is 5.77. The molecule has 0 amide bonds. The van der Waals surface area contributed by atoms with Crippen molar-refractivity contribution >= 4 is 11.6 Å². The van der Waals surface area contributed by atoms with E-state index in [1.165, 1.54) is 11.7 Å². The number of fused-ring (bicyclic) bond motifs is 5. The first-order valence-corrected chi connectivity index (χ1v) is 7.57. The fourth-order valence-electron chi connectivity index (χ4n) is 3.49. The van der Waals surface area contributed by atoms with Gasteiger partial charge < -0.3 is 19.7 Å². The molecule has 3 heterocycles. The van der Waals surface area contributed by atoms with Crippen LogP contribution >= 0.6 is 11.6 Å². The fourth-order valence-corrected chi connectivity index (χ4v) is 3.65. The highest BCUT2D eigenvalue weighted by molar-refractivity contribution is 6.31. The number of methoxy groups -OCH3 is 1. The molecule has 1 aromatic carbocycles. The zero-order valence-electron chi connectivity index (χ0n) is 12.3. The number of aromatic hydroxyl groups is 2. The summed E-state index contributed by atoms with van der Waals surface area (Å²) in [5.41, 5.74) is 2.80. The molecule has 0 aliphatic carbocycles. The number of rotatable bonds is 2. The Kier molecular flexibility index (Phi) is 2.86. The topological polar surface area (TPSA) is 63.9 Å². The van der Waals surface area contributed by atoms with Gasteiger partial charge in [0.1, 0.15) is 5.75 Å².